The number of urea groups is 1. The predicted molar refractivity (Wildman–Crippen MR) is 155 cm³/mol. The highest BCUT2D eigenvalue weighted by Crippen LogP contribution is 2.31. The van der Waals surface area contributed by atoms with Gasteiger partial charge in [0.15, 0.2) is 0 Å². The van der Waals surface area contributed by atoms with Crippen molar-refractivity contribution in [3.05, 3.63) is 48.6 Å². The molecule has 2 N–H and O–H groups in total. The third kappa shape index (κ3) is 8.00. The first-order valence-electron chi connectivity index (χ1n) is 14.8. The first-order valence-corrected chi connectivity index (χ1v) is 14.8. The van der Waals surface area contributed by atoms with E-state index in [4.69, 9.17) is 4.74 Å². The van der Waals surface area contributed by atoms with Gasteiger partial charge in [0.05, 0.1) is 13.1 Å². The Morgan fingerprint density at radius 2 is 1.95 bits per heavy atom. The molecule has 0 radical (unpaired) electrons. The van der Waals surface area contributed by atoms with Gasteiger partial charge in [0.25, 0.3) is 0 Å². The van der Waals surface area contributed by atoms with Crippen molar-refractivity contribution in [1.29, 1.82) is 0 Å². The lowest BCUT2D eigenvalue weighted by molar-refractivity contribution is -0.188. The molecular formula is C30H44N6O5. The molecule has 11 nitrogen and oxygen atoms in total. The molecular weight excluding hydrogens is 524 g/mol. The van der Waals surface area contributed by atoms with Gasteiger partial charge in [-0.2, -0.15) is 0 Å². The van der Waals surface area contributed by atoms with E-state index in [1.54, 1.807) is 22.0 Å². The summed E-state index contributed by atoms with van der Waals surface area (Å²) in [6, 6.07) is -1.02. The van der Waals surface area contributed by atoms with Crippen molar-refractivity contribution in [1.82, 2.24) is 30.5 Å². The minimum Gasteiger partial charge on any atom is -0.445 e. The minimum atomic E-state index is -0.711. The zero-order chi connectivity index (χ0) is 29.2. The summed E-state index contributed by atoms with van der Waals surface area (Å²) in [6.07, 6.45) is 17.8. The number of fused-ring (bicyclic) bond motifs is 1. The number of carbonyl (C=O) groups excluding carboxylic acids is 4. The van der Waals surface area contributed by atoms with Crippen molar-refractivity contribution < 1.29 is 23.9 Å². The second-order valence-corrected chi connectivity index (χ2v) is 11.1. The highest BCUT2D eigenvalue weighted by Gasteiger charge is 2.50. The van der Waals surface area contributed by atoms with Gasteiger partial charge in [-0.05, 0) is 43.6 Å². The fourth-order valence-electron chi connectivity index (χ4n) is 6.10. The van der Waals surface area contributed by atoms with Crippen molar-refractivity contribution >= 4 is 23.9 Å². The molecule has 2 atom stereocenters. The van der Waals surface area contributed by atoms with E-state index in [1.807, 2.05) is 35.3 Å². The Balaban J connectivity index is 1.49. The number of carbonyl (C=O) groups is 4. The van der Waals surface area contributed by atoms with E-state index in [9.17, 15) is 19.2 Å². The molecule has 4 aliphatic rings. The maximum atomic E-state index is 13.8. The molecule has 41 heavy (non-hydrogen) atoms. The topological polar surface area (TPSA) is 115 Å². The number of hydrogen-bond acceptors (Lipinski definition) is 6. The molecule has 1 saturated carbocycles. The molecule has 2 heterocycles. The smallest absolute Gasteiger partial charge is 0.407 e. The first kappa shape index (κ1) is 30.4. The van der Waals surface area contributed by atoms with E-state index in [1.165, 1.54) is 12.5 Å². The number of allylic oxidation sites excluding steroid dienone is 4. The van der Waals surface area contributed by atoms with Gasteiger partial charge < -0.3 is 25.2 Å². The number of rotatable bonds is 10. The highest BCUT2D eigenvalue weighted by molar-refractivity contribution is 5.91. The molecule has 0 aromatic heterocycles. The van der Waals surface area contributed by atoms with Crippen LogP contribution in [0.2, 0.25) is 0 Å². The summed E-state index contributed by atoms with van der Waals surface area (Å²) in [4.78, 5) is 56.1. The van der Waals surface area contributed by atoms with Crippen LogP contribution in [0.1, 0.15) is 51.4 Å². The van der Waals surface area contributed by atoms with Crippen LogP contribution in [0, 0.1) is 5.92 Å². The third-order valence-electron chi connectivity index (χ3n) is 8.10. The lowest BCUT2D eigenvalue weighted by Gasteiger charge is -2.55. The molecule has 5 amide bonds. The number of nitrogens with one attached hydrogen (secondary N) is 2. The normalized spacial score (nSPS) is 23.5. The van der Waals surface area contributed by atoms with Gasteiger partial charge in [-0.25, -0.2) is 19.6 Å². The van der Waals surface area contributed by atoms with E-state index >= 15 is 0 Å². The van der Waals surface area contributed by atoms with Crippen molar-refractivity contribution in [3.8, 4) is 0 Å². The van der Waals surface area contributed by atoms with E-state index in [-0.39, 0.29) is 37.5 Å². The maximum Gasteiger partial charge on any atom is 0.407 e. The molecule has 2 aliphatic carbocycles. The largest absolute Gasteiger partial charge is 0.445 e. The summed E-state index contributed by atoms with van der Waals surface area (Å²) in [7, 11) is 1.73. The van der Waals surface area contributed by atoms with Gasteiger partial charge in [-0.3, -0.25) is 9.59 Å². The molecule has 11 heteroatoms. The van der Waals surface area contributed by atoms with Gasteiger partial charge in [-0.1, -0.05) is 62.3 Å². The fourth-order valence-corrected chi connectivity index (χ4v) is 6.10. The van der Waals surface area contributed by atoms with Crippen molar-refractivity contribution in [3.63, 3.8) is 0 Å². The molecule has 1 unspecified atom stereocenters. The molecule has 0 aromatic carbocycles. The Morgan fingerprint density at radius 3 is 2.73 bits per heavy atom. The van der Waals surface area contributed by atoms with E-state index in [0.717, 1.165) is 37.7 Å². The number of ether oxygens (including phenoxy) is 1. The second-order valence-electron chi connectivity index (χ2n) is 11.1. The van der Waals surface area contributed by atoms with Gasteiger partial charge >= 0.3 is 12.1 Å². The predicted octanol–water partition coefficient (Wildman–Crippen LogP) is 2.94. The van der Waals surface area contributed by atoms with Crippen molar-refractivity contribution in [2.75, 3.05) is 46.4 Å². The average Bonchev–Trinajstić information content (AvgIpc) is 3.24. The number of piperazine rings is 1. The number of nitrogens with zero attached hydrogens (tertiary/aromatic N) is 4. The Labute approximate surface area is 242 Å². The Hall–Kier alpha value is -3.60. The standard InChI is InChI=1S/C30H44N6O5/c1-3-18-41-30(40)31-17-11-16-25-28(38)34(20-24-14-9-6-10-15-24)21-26-35(25)27(37)22-33(2)36(26)29(39)32-19-23-12-7-4-5-8-13-23/h3-4,7-8,12-13,24-26H,1,5-6,9-11,14-22H2,2H3,(H,31,40)(H,32,39)/t25-,26?/m0/s1. The summed E-state index contributed by atoms with van der Waals surface area (Å²) in [6.45, 7) is 5.19. The molecule has 0 spiro atoms. The number of likely N-dealkylation sites (N-methyl/N-ethyl adjacent to an activating group) is 1. The third-order valence-corrected chi connectivity index (χ3v) is 8.10. The Morgan fingerprint density at radius 1 is 1.15 bits per heavy atom. The average molecular weight is 569 g/mol. The van der Waals surface area contributed by atoms with Crippen LogP contribution in [0.5, 0.6) is 0 Å². The molecule has 2 saturated heterocycles. The van der Waals surface area contributed by atoms with E-state index in [0.29, 0.717) is 38.4 Å². The summed E-state index contributed by atoms with van der Waals surface area (Å²) < 4.78 is 4.96. The quantitative estimate of drug-likeness (QED) is 0.309. The van der Waals surface area contributed by atoms with Crippen LogP contribution in [0.4, 0.5) is 9.59 Å². The summed E-state index contributed by atoms with van der Waals surface area (Å²) in [5, 5.41) is 8.94. The van der Waals surface area contributed by atoms with Crippen LogP contribution in [-0.4, -0.2) is 102 Å². The van der Waals surface area contributed by atoms with Gasteiger partial charge in [0, 0.05) is 26.7 Å². The van der Waals surface area contributed by atoms with Crippen LogP contribution in [0.15, 0.2) is 48.6 Å². The summed E-state index contributed by atoms with van der Waals surface area (Å²) in [5.41, 5.74) is 0.981. The lowest BCUT2D eigenvalue weighted by Crippen LogP contribution is -2.76. The first-order chi connectivity index (χ1) is 19.9. The zero-order valence-electron chi connectivity index (χ0n) is 24.1. The Kier molecular flexibility index (Phi) is 11.0. The van der Waals surface area contributed by atoms with Crippen LogP contribution in [0.25, 0.3) is 0 Å². The van der Waals surface area contributed by atoms with E-state index < -0.39 is 18.3 Å². The monoisotopic (exact) mass is 568 g/mol. The van der Waals surface area contributed by atoms with Crippen molar-refractivity contribution in [2.24, 2.45) is 5.92 Å². The number of alkyl carbamates (subject to hydrolysis) is 1. The molecule has 4 rings (SSSR count). The van der Waals surface area contributed by atoms with Crippen LogP contribution in [0.3, 0.4) is 0 Å². The number of hydrogen-bond donors (Lipinski definition) is 2. The van der Waals surface area contributed by atoms with Crippen LogP contribution < -0.4 is 10.6 Å². The molecule has 0 aromatic rings. The zero-order valence-corrected chi connectivity index (χ0v) is 24.1. The molecule has 0 bridgehead atoms. The molecule has 2 aliphatic heterocycles. The van der Waals surface area contributed by atoms with Gasteiger partial charge in [0.1, 0.15) is 18.8 Å². The van der Waals surface area contributed by atoms with Gasteiger partial charge in [0.2, 0.25) is 11.8 Å². The van der Waals surface area contributed by atoms with Crippen LogP contribution >= 0.6 is 0 Å². The highest BCUT2D eigenvalue weighted by atomic mass is 16.5. The van der Waals surface area contributed by atoms with E-state index in [2.05, 4.69) is 17.2 Å². The SMILES string of the molecule is C=CCOC(=O)NCCC[C@H]1C(=O)N(CC2CCCCC2)CC2N1C(=O)CN(C)N2C(=O)NCC1=CC=CCC=C1. The summed E-state index contributed by atoms with van der Waals surface area (Å²) in [5.74, 6) is 0.150. The Bertz CT molecular complexity index is 1070. The number of amides is 5. The molecule has 3 fully saturated rings. The summed E-state index contributed by atoms with van der Waals surface area (Å²) >= 11 is 0. The van der Waals surface area contributed by atoms with Crippen molar-refractivity contribution in [2.45, 2.75) is 63.6 Å². The van der Waals surface area contributed by atoms with Gasteiger partial charge in [-0.15, -0.1) is 0 Å². The molecule has 224 valence electrons. The maximum absolute atomic E-state index is 13.8. The lowest BCUT2D eigenvalue weighted by atomic mass is 9.88. The number of hydrazine groups is 1. The van der Waals surface area contributed by atoms with Crippen LogP contribution in [-0.2, 0) is 14.3 Å². The minimum absolute atomic E-state index is 0.00616. The second kappa shape index (κ2) is 14.9. The fraction of sp³-hybridized carbons (Fsp3) is 0.600.